The van der Waals surface area contributed by atoms with Crippen molar-refractivity contribution in [3.8, 4) is 22.8 Å². The van der Waals surface area contributed by atoms with Gasteiger partial charge in [-0.3, -0.25) is 9.59 Å². The van der Waals surface area contributed by atoms with Gasteiger partial charge in [-0.2, -0.15) is 13.7 Å². The van der Waals surface area contributed by atoms with Gasteiger partial charge in [0.2, 0.25) is 11.8 Å². The van der Waals surface area contributed by atoms with Crippen LogP contribution in [0.4, 0.5) is 5.13 Å². The molecule has 3 fully saturated rings. The Morgan fingerprint density at radius 3 is 1.67 bits per heavy atom. The van der Waals surface area contributed by atoms with Crippen molar-refractivity contribution in [2.24, 2.45) is 0 Å². The summed E-state index contributed by atoms with van der Waals surface area (Å²) in [6.45, 7) is 2.00. The molecule has 3 heterocycles. The molecule has 13 heteroatoms. The lowest BCUT2D eigenvalue weighted by atomic mass is 10.2. The maximum absolute atomic E-state index is 11.9. The number of nitrogens with one attached hydrogen (secondary N) is 2. The van der Waals surface area contributed by atoms with Gasteiger partial charge in [-0.1, -0.05) is 93.8 Å². The summed E-state index contributed by atoms with van der Waals surface area (Å²) < 4.78 is 13.4. The molecule has 4 N–H and O–H groups in total. The summed E-state index contributed by atoms with van der Waals surface area (Å²) in [4.78, 5) is 31.2. The van der Waals surface area contributed by atoms with E-state index in [0.717, 1.165) is 60.9 Å². The van der Waals surface area contributed by atoms with Crippen molar-refractivity contribution in [1.29, 1.82) is 0 Å². The van der Waals surface area contributed by atoms with Gasteiger partial charge in [0.05, 0.1) is 0 Å². The Kier molecular flexibility index (Phi) is 18.8. The maximum atomic E-state index is 11.9. The zero-order valence-corrected chi connectivity index (χ0v) is 29.7. The van der Waals surface area contributed by atoms with E-state index in [1.54, 1.807) is 0 Å². The predicted molar refractivity (Wildman–Crippen MR) is 202 cm³/mol. The number of carbonyl (C=O) groups is 2. The van der Waals surface area contributed by atoms with Gasteiger partial charge in [-0.15, -0.1) is 11.6 Å². The molecule has 2 amide bonds. The first kappa shape index (κ1) is 40.0. The molecule has 0 unspecified atom stereocenters. The molecule has 2 saturated carbocycles. The van der Waals surface area contributed by atoms with Crippen LogP contribution in [0.15, 0.2) is 60.7 Å². The molecule has 2 aliphatic carbocycles. The summed E-state index contributed by atoms with van der Waals surface area (Å²) in [5.41, 5.74) is 7.49. The number of nitrogen functional groups attached to an aromatic ring is 1. The number of benzene rings is 2. The highest BCUT2D eigenvalue weighted by molar-refractivity contribution is 7.09. The molecule has 10 nitrogen and oxygen atoms in total. The van der Waals surface area contributed by atoms with Gasteiger partial charge in [0.15, 0.2) is 16.8 Å². The number of alkyl halides is 1. The predicted octanol–water partition coefficient (Wildman–Crippen LogP) is 7.70. The number of hydrogen-bond donors (Lipinski definition) is 3. The molecule has 1 aliphatic heterocycles. The van der Waals surface area contributed by atoms with Crippen LogP contribution < -0.4 is 16.4 Å². The van der Waals surface area contributed by atoms with Crippen molar-refractivity contribution in [2.45, 2.75) is 96.6 Å². The number of rotatable bonds is 8. The smallest absolute Gasteiger partial charge is 0.235 e. The highest BCUT2D eigenvalue weighted by Crippen LogP contribution is 2.21. The second-order valence-corrected chi connectivity index (χ2v) is 13.6. The van der Waals surface area contributed by atoms with Crippen molar-refractivity contribution >= 4 is 51.6 Å². The third-order valence-corrected chi connectivity index (χ3v) is 9.48. The summed E-state index contributed by atoms with van der Waals surface area (Å²) in [5, 5.41) is 7.40. The van der Waals surface area contributed by atoms with Crippen molar-refractivity contribution in [2.75, 3.05) is 24.8 Å². The molecule has 0 radical (unpaired) electrons. The second kappa shape index (κ2) is 23.0. The number of hydrogen-bond acceptors (Lipinski definition) is 10. The lowest BCUT2D eigenvalue weighted by Crippen LogP contribution is -2.33. The van der Waals surface area contributed by atoms with Gasteiger partial charge >= 0.3 is 0 Å². The first-order valence-corrected chi connectivity index (χ1v) is 18.8. The Bertz CT molecular complexity index is 1470. The summed E-state index contributed by atoms with van der Waals surface area (Å²) in [6.07, 6.45) is 13.2. The van der Waals surface area contributed by atoms with Crippen LogP contribution in [-0.2, 0) is 20.7 Å². The number of ether oxygens (including phenoxy) is 1. The van der Waals surface area contributed by atoms with Gasteiger partial charge in [0.25, 0.3) is 0 Å². The van der Waals surface area contributed by atoms with E-state index < -0.39 is 0 Å². The van der Waals surface area contributed by atoms with Gasteiger partial charge in [-0.05, 0) is 50.1 Å². The molecule has 0 spiro atoms. The van der Waals surface area contributed by atoms with Crippen molar-refractivity contribution in [3.63, 3.8) is 0 Å². The van der Waals surface area contributed by atoms with Crippen molar-refractivity contribution in [1.82, 2.24) is 29.3 Å². The van der Waals surface area contributed by atoms with Crippen LogP contribution in [-0.4, -0.2) is 61.7 Å². The fourth-order valence-corrected chi connectivity index (χ4v) is 6.63. The van der Waals surface area contributed by atoms with E-state index in [1.807, 2.05) is 60.7 Å². The Morgan fingerprint density at radius 1 is 0.735 bits per heavy atom. The van der Waals surface area contributed by atoms with Crippen LogP contribution in [0.3, 0.4) is 0 Å². The lowest BCUT2D eigenvalue weighted by Gasteiger charge is -2.10. The SMILES string of the molecule is C.C1CCOC1.Nc1nc(-c2ccccc2)ns1.O=C(CCc1nc(-c2ccccc2)ns1)NC1CCCC1.O=C(CCl)NC1CCCC1. The fourth-order valence-electron chi connectivity index (χ4n) is 5.44. The lowest BCUT2D eigenvalue weighted by molar-refractivity contribution is -0.122. The summed E-state index contributed by atoms with van der Waals surface area (Å²) >= 11 is 7.92. The third-order valence-electron chi connectivity index (χ3n) is 7.93. The second-order valence-electron chi connectivity index (χ2n) is 11.8. The van der Waals surface area contributed by atoms with E-state index in [1.165, 1.54) is 61.6 Å². The van der Waals surface area contributed by atoms with Crippen LogP contribution in [0.2, 0.25) is 0 Å². The molecule has 0 atom stereocenters. The highest BCUT2D eigenvalue weighted by atomic mass is 35.5. The maximum Gasteiger partial charge on any atom is 0.235 e. The minimum absolute atomic E-state index is 0. The van der Waals surface area contributed by atoms with Crippen LogP contribution in [0.25, 0.3) is 22.8 Å². The van der Waals surface area contributed by atoms with Crippen LogP contribution in [0.5, 0.6) is 0 Å². The Labute approximate surface area is 304 Å². The van der Waals surface area contributed by atoms with E-state index in [0.29, 0.717) is 35.9 Å². The van der Waals surface area contributed by atoms with E-state index in [-0.39, 0.29) is 25.1 Å². The molecule has 7 rings (SSSR count). The molecule has 3 aliphatic rings. The first-order chi connectivity index (χ1) is 23.5. The molecule has 1 saturated heterocycles. The molecular formula is C36H50ClN7O3S2. The normalized spacial score (nSPS) is 15.4. The number of aryl methyl sites for hydroxylation is 1. The molecule has 0 bridgehead atoms. The first-order valence-electron chi connectivity index (χ1n) is 16.7. The average Bonchev–Trinajstić information content (AvgIpc) is 3.97. The van der Waals surface area contributed by atoms with Crippen LogP contribution in [0, 0.1) is 0 Å². The van der Waals surface area contributed by atoms with Gasteiger partial charge in [0.1, 0.15) is 10.9 Å². The largest absolute Gasteiger partial charge is 0.381 e. The minimum atomic E-state index is -0.0337. The summed E-state index contributed by atoms with van der Waals surface area (Å²) in [7, 11) is 0. The number of nitrogens with zero attached hydrogens (tertiary/aromatic N) is 4. The number of amides is 2. The molecule has 49 heavy (non-hydrogen) atoms. The number of halogens is 1. The standard InChI is InChI=1S/C16H19N3OS.C8H7N3S.C7H12ClNO.C4H8O.CH4/c20-14(17-13-8-4-5-9-13)10-11-15-18-16(19-21-15)12-6-2-1-3-7-12;9-8-10-7(11-12-8)6-4-2-1-3-5-6;8-5-7(10)9-6-3-1-2-4-6;1-2-4-5-3-1;/h1-3,6-7,13H,4-5,8-11H2,(H,17,20);1-5H,(H2,9,10,11);6H,1-5H2,(H,9,10);1-4H2;1H4. The fraction of sp³-hybridized carbons (Fsp3) is 0.500. The van der Waals surface area contributed by atoms with Gasteiger partial charge in [0, 0.05) is 60.8 Å². The van der Waals surface area contributed by atoms with E-state index >= 15 is 0 Å². The monoisotopic (exact) mass is 727 g/mol. The Balaban J connectivity index is 0.000000197. The molecule has 2 aromatic carbocycles. The molecule has 2 aromatic heterocycles. The molecular weight excluding hydrogens is 678 g/mol. The van der Waals surface area contributed by atoms with Crippen LogP contribution >= 0.6 is 34.7 Å². The van der Waals surface area contributed by atoms with Crippen molar-refractivity contribution in [3.05, 3.63) is 65.7 Å². The van der Waals surface area contributed by atoms with E-state index in [2.05, 4.69) is 29.3 Å². The highest BCUT2D eigenvalue weighted by Gasteiger charge is 2.18. The molecule has 266 valence electrons. The molecule has 4 aromatic rings. The van der Waals surface area contributed by atoms with Gasteiger partial charge < -0.3 is 21.1 Å². The zero-order chi connectivity index (χ0) is 33.8. The summed E-state index contributed by atoms with van der Waals surface area (Å²) in [6, 6.07) is 20.5. The number of anilines is 1. The van der Waals surface area contributed by atoms with Crippen LogP contribution in [0.1, 0.15) is 83.1 Å². The third kappa shape index (κ3) is 15.3. The van der Waals surface area contributed by atoms with E-state index in [4.69, 9.17) is 22.1 Å². The minimum Gasteiger partial charge on any atom is -0.381 e. The Morgan fingerprint density at radius 2 is 1.22 bits per heavy atom. The number of aromatic nitrogens is 4. The average molecular weight is 728 g/mol. The quantitative estimate of drug-likeness (QED) is 0.157. The summed E-state index contributed by atoms with van der Waals surface area (Å²) in [5.74, 6) is 1.66. The van der Waals surface area contributed by atoms with Gasteiger partial charge in [-0.25, -0.2) is 4.98 Å². The topological polar surface area (TPSA) is 145 Å². The number of nitrogens with two attached hydrogens (primary N) is 1. The number of carbonyl (C=O) groups excluding carboxylic acids is 2. The Hall–Kier alpha value is -3.45. The zero-order valence-electron chi connectivity index (χ0n) is 27.3. The van der Waals surface area contributed by atoms with E-state index in [9.17, 15) is 9.59 Å². The van der Waals surface area contributed by atoms with Crippen molar-refractivity contribution < 1.29 is 14.3 Å².